The monoisotopic (exact) mass is 362 g/mol. The van der Waals surface area contributed by atoms with Crippen LogP contribution in [0.1, 0.15) is 37.6 Å². The van der Waals surface area contributed by atoms with Gasteiger partial charge in [-0.05, 0) is 56.2 Å². The molecule has 5 nitrogen and oxygen atoms in total. The summed E-state index contributed by atoms with van der Waals surface area (Å²) < 4.78 is 5.13. The van der Waals surface area contributed by atoms with E-state index in [9.17, 15) is 9.59 Å². The van der Waals surface area contributed by atoms with Crippen molar-refractivity contribution in [3.63, 3.8) is 0 Å². The van der Waals surface area contributed by atoms with E-state index in [2.05, 4.69) is 10.6 Å². The average molecular weight is 362 g/mol. The van der Waals surface area contributed by atoms with Crippen LogP contribution in [0.2, 0.25) is 0 Å². The maximum Gasteiger partial charge on any atom is 0.288 e. The molecule has 5 heteroatoms. The molecule has 2 aromatic carbocycles. The van der Waals surface area contributed by atoms with Crippen LogP contribution in [0.25, 0.3) is 0 Å². The van der Waals surface area contributed by atoms with E-state index >= 15 is 0 Å². The number of ketones is 1. The highest BCUT2D eigenvalue weighted by Gasteiger charge is 2.24. The number of aryl methyl sites for hydroxylation is 3. The fourth-order valence-corrected chi connectivity index (χ4v) is 2.66. The van der Waals surface area contributed by atoms with Crippen LogP contribution in [0.4, 0.5) is 5.69 Å². The fourth-order valence-electron chi connectivity index (χ4n) is 2.66. The zero-order valence-corrected chi connectivity index (χ0v) is 15.6. The quantitative estimate of drug-likeness (QED) is 0.508. The third-order valence-electron chi connectivity index (χ3n) is 4.44. The smallest absolute Gasteiger partial charge is 0.288 e. The number of hydrogen-bond acceptors (Lipinski definition) is 4. The molecule has 1 heterocycles. The normalized spacial score (nSPS) is 11.7. The van der Waals surface area contributed by atoms with Gasteiger partial charge in [-0.1, -0.05) is 35.9 Å². The minimum absolute atomic E-state index is 0.151. The summed E-state index contributed by atoms with van der Waals surface area (Å²) in [5.41, 5.74) is 4.58. The van der Waals surface area contributed by atoms with Crippen LogP contribution in [0, 0.1) is 20.8 Å². The van der Waals surface area contributed by atoms with Gasteiger partial charge in [0.1, 0.15) is 0 Å². The van der Waals surface area contributed by atoms with E-state index in [-0.39, 0.29) is 11.5 Å². The van der Waals surface area contributed by atoms with Gasteiger partial charge in [0.25, 0.3) is 5.91 Å². The highest BCUT2D eigenvalue weighted by Crippen LogP contribution is 2.16. The number of carbonyl (C=O) groups excluding carboxylic acids is 2. The van der Waals surface area contributed by atoms with Crippen molar-refractivity contribution in [3.05, 3.63) is 88.9 Å². The molecule has 0 aliphatic carbocycles. The topological polar surface area (TPSA) is 71.3 Å². The molecule has 0 radical (unpaired) electrons. The number of anilines is 1. The second-order valence-corrected chi connectivity index (χ2v) is 6.56. The van der Waals surface area contributed by atoms with Crippen LogP contribution < -0.4 is 10.6 Å². The summed E-state index contributed by atoms with van der Waals surface area (Å²) in [4.78, 5) is 25.4. The molecule has 0 saturated heterocycles. The molecule has 138 valence electrons. The molecule has 27 heavy (non-hydrogen) atoms. The van der Waals surface area contributed by atoms with Gasteiger partial charge in [-0.15, -0.1) is 0 Å². The molecule has 1 amide bonds. The zero-order chi connectivity index (χ0) is 19.4. The first kappa shape index (κ1) is 18.5. The number of amides is 1. The number of benzene rings is 2. The second-order valence-electron chi connectivity index (χ2n) is 6.56. The average Bonchev–Trinajstić information content (AvgIpc) is 3.19. The van der Waals surface area contributed by atoms with Crippen molar-refractivity contribution in [3.8, 4) is 0 Å². The first-order valence-electron chi connectivity index (χ1n) is 8.73. The first-order valence-corrected chi connectivity index (χ1v) is 8.73. The predicted octanol–water partition coefficient (Wildman–Crippen LogP) is 4.26. The lowest BCUT2D eigenvalue weighted by molar-refractivity contribution is 0.0853. The van der Waals surface area contributed by atoms with Gasteiger partial charge in [0.15, 0.2) is 11.9 Å². The van der Waals surface area contributed by atoms with Gasteiger partial charge < -0.3 is 15.1 Å². The van der Waals surface area contributed by atoms with E-state index < -0.39 is 12.1 Å². The Hall–Kier alpha value is -3.34. The Morgan fingerprint density at radius 1 is 0.926 bits per heavy atom. The van der Waals surface area contributed by atoms with Gasteiger partial charge >= 0.3 is 0 Å². The van der Waals surface area contributed by atoms with Crippen LogP contribution in [-0.4, -0.2) is 17.9 Å². The van der Waals surface area contributed by atoms with E-state index in [1.54, 1.807) is 24.3 Å². The van der Waals surface area contributed by atoms with E-state index in [4.69, 9.17) is 4.42 Å². The van der Waals surface area contributed by atoms with Crippen molar-refractivity contribution >= 4 is 17.4 Å². The molecule has 0 bridgehead atoms. The number of furan rings is 1. The van der Waals surface area contributed by atoms with E-state index in [1.165, 1.54) is 6.26 Å². The molecule has 0 spiro atoms. The molecule has 3 rings (SSSR count). The molecule has 1 aromatic heterocycles. The molecule has 2 N–H and O–H groups in total. The first-order chi connectivity index (χ1) is 12.9. The number of rotatable bonds is 6. The summed E-state index contributed by atoms with van der Waals surface area (Å²) in [5, 5.41) is 5.85. The van der Waals surface area contributed by atoms with Crippen LogP contribution in [0.3, 0.4) is 0 Å². The van der Waals surface area contributed by atoms with Crippen molar-refractivity contribution in [1.82, 2.24) is 5.32 Å². The van der Waals surface area contributed by atoms with E-state index in [0.717, 1.165) is 22.4 Å². The van der Waals surface area contributed by atoms with Gasteiger partial charge in [0, 0.05) is 11.3 Å². The molecular formula is C22H22N2O3. The Morgan fingerprint density at radius 2 is 1.67 bits per heavy atom. The third kappa shape index (κ3) is 4.44. The Morgan fingerprint density at radius 3 is 2.30 bits per heavy atom. The zero-order valence-electron chi connectivity index (χ0n) is 15.6. The van der Waals surface area contributed by atoms with Crippen molar-refractivity contribution < 1.29 is 14.0 Å². The van der Waals surface area contributed by atoms with Gasteiger partial charge in [-0.3, -0.25) is 9.59 Å². The standard InChI is InChI=1S/C22H22N2O3/c1-14-6-9-17(10-7-14)20(25)21(24-22(26)19-5-4-12-27-19)23-18-11-8-15(2)16(3)13-18/h4-13,21,23H,1-3H3,(H,24,26). The van der Waals surface area contributed by atoms with E-state index in [1.807, 2.05) is 51.1 Å². The molecule has 1 atom stereocenters. The van der Waals surface area contributed by atoms with Gasteiger partial charge in [-0.2, -0.15) is 0 Å². The lowest BCUT2D eigenvalue weighted by atomic mass is 10.1. The summed E-state index contributed by atoms with van der Waals surface area (Å²) in [5.74, 6) is -0.534. The van der Waals surface area contributed by atoms with Crippen LogP contribution in [-0.2, 0) is 0 Å². The second kappa shape index (κ2) is 7.91. The van der Waals surface area contributed by atoms with Gasteiger partial charge in [0.05, 0.1) is 6.26 Å². The molecule has 0 aliphatic heterocycles. The Bertz CT molecular complexity index is 944. The van der Waals surface area contributed by atoms with Gasteiger partial charge in [0.2, 0.25) is 5.78 Å². The maximum absolute atomic E-state index is 13.0. The minimum Gasteiger partial charge on any atom is -0.459 e. The largest absolute Gasteiger partial charge is 0.459 e. The summed E-state index contributed by atoms with van der Waals surface area (Å²) in [7, 11) is 0. The van der Waals surface area contributed by atoms with Crippen LogP contribution in [0.15, 0.2) is 65.3 Å². The van der Waals surface area contributed by atoms with Crippen LogP contribution >= 0.6 is 0 Å². The highest BCUT2D eigenvalue weighted by molar-refractivity contribution is 6.04. The number of hydrogen-bond donors (Lipinski definition) is 2. The molecule has 3 aromatic rings. The molecule has 1 unspecified atom stereocenters. The summed E-state index contributed by atoms with van der Waals surface area (Å²) in [6.45, 7) is 5.98. The van der Waals surface area contributed by atoms with E-state index in [0.29, 0.717) is 5.56 Å². The number of nitrogens with one attached hydrogen (secondary N) is 2. The maximum atomic E-state index is 13.0. The molecular weight excluding hydrogens is 340 g/mol. The number of carbonyl (C=O) groups is 2. The lowest BCUT2D eigenvalue weighted by Crippen LogP contribution is -2.46. The van der Waals surface area contributed by atoms with Crippen molar-refractivity contribution in [2.75, 3.05) is 5.32 Å². The summed E-state index contributed by atoms with van der Waals surface area (Å²) in [6.07, 6.45) is 0.495. The third-order valence-corrected chi connectivity index (χ3v) is 4.44. The fraction of sp³-hybridized carbons (Fsp3) is 0.182. The Balaban J connectivity index is 1.87. The molecule has 0 saturated carbocycles. The van der Waals surface area contributed by atoms with Crippen molar-refractivity contribution in [2.45, 2.75) is 26.9 Å². The molecule has 0 aliphatic rings. The minimum atomic E-state index is -0.924. The lowest BCUT2D eigenvalue weighted by Gasteiger charge is -2.20. The van der Waals surface area contributed by atoms with Gasteiger partial charge in [-0.25, -0.2) is 0 Å². The Kier molecular flexibility index (Phi) is 5.41. The summed E-state index contributed by atoms with van der Waals surface area (Å²) >= 11 is 0. The predicted molar refractivity (Wildman–Crippen MR) is 105 cm³/mol. The van der Waals surface area contributed by atoms with Crippen molar-refractivity contribution in [2.24, 2.45) is 0 Å². The SMILES string of the molecule is Cc1ccc(C(=O)C(NC(=O)c2ccco2)Nc2ccc(C)c(C)c2)cc1. The molecule has 0 fully saturated rings. The highest BCUT2D eigenvalue weighted by atomic mass is 16.3. The Labute approximate surface area is 158 Å². The van der Waals surface area contributed by atoms with Crippen LogP contribution in [0.5, 0.6) is 0 Å². The van der Waals surface area contributed by atoms with Crippen molar-refractivity contribution in [1.29, 1.82) is 0 Å². The summed E-state index contributed by atoms with van der Waals surface area (Å²) in [6, 6.07) is 16.2. The number of Topliss-reactive ketones (excluding diaryl/α,β-unsaturated/α-hetero) is 1.